The second-order valence-electron chi connectivity index (χ2n) is 9.04. The van der Waals surface area contributed by atoms with Crippen molar-refractivity contribution in [2.24, 2.45) is 5.92 Å². The Morgan fingerprint density at radius 1 is 1.28 bits per heavy atom. The summed E-state index contributed by atoms with van der Waals surface area (Å²) >= 11 is 0. The van der Waals surface area contributed by atoms with Crippen LogP contribution in [0.3, 0.4) is 0 Å². The number of benzene rings is 1. The van der Waals surface area contributed by atoms with Gasteiger partial charge in [0.25, 0.3) is 0 Å². The Kier molecular flexibility index (Phi) is 6.30. The predicted octanol–water partition coefficient (Wildman–Crippen LogP) is 4.87. The highest BCUT2D eigenvalue weighted by atomic mass is 16.6. The summed E-state index contributed by atoms with van der Waals surface area (Å²) in [7, 11) is 3.79. The predicted molar refractivity (Wildman–Crippen MR) is 118 cm³/mol. The van der Waals surface area contributed by atoms with Crippen LogP contribution >= 0.6 is 0 Å². The van der Waals surface area contributed by atoms with Crippen LogP contribution in [0.5, 0.6) is 5.75 Å². The minimum Gasteiger partial charge on any atom is -0.497 e. The van der Waals surface area contributed by atoms with E-state index in [1.165, 1.54) is 5.70 Å². The molecule has 0 aliphatic carbocycles. The SMILES string of the molecule is CC=C1CC2CCC(CNc3cc(OC)ccc3N1C)N(C(=O)OC(C)(C)C)C2. The van der Waals surface area contributed by atoms with E-state index in [1.54, 1.807) is 7.11 Å². The summed E-state index contributed by atoms with van der Waals surface area (Å²) in [5.74, 6) is 1.24. The van der Waals surface area contributed by atoms with Crippen molar-refractivity contribution in [2.45, 2.75) is 58.6 Å². The number of ether oxygens (including phenoxy) is 2. The number of nitrogens with one attached hydrogen (secondary N) is 1. The second-order valence-corrected chi connectivity index (χ2v) is 9.04. The highest BCUT2D eigenvalue weighted by molar-refractivity contribution is 5.74. The first-order valence-corrected chi connectivity index (χ1v) is 10.5. The fourth-order valence-electron chi connectivity index (χ4n) is 4.23. The number of carbonyl (C=O) groups is 1. The van der Waals surface area contributed by atoms with Crippen molar-refractivity contribution in [3.8, 4) is 5.75 Å². The first-order chi connectivity index (χ1) is 13.7. The van der Waals surface area contributed by atoms with Crippen LogP contribution in [0.4, 0.5) is 16.2 Å². The van der Waals surface area contributed by atoms with E-state index < -0.39 is 5.60 Å². The summed E-state index contributed by atoms with van der Waals surface area (Å²) in [6.45, 7) is 9.26. The first-order valence-electron chi connectivity index (χ1n) is 10.5. The van der Waals surface area contributed by atoms with Crippen LogP contribution in [-0.2, 0) is 4.74 Å². The van der Waals surface area contributed by atoms with Crippen molar-refractivity contribution in [3.63, 3.8) is 0 Å². The summed E-state index contributed by atoms with van der Waals surface area (Å²) in [5.41, 5.74) is 2.89. The van der Waals surface area contributed by atoms with E-state index in [2.05, 4.69) is 36.3 Å². The minimum atomic E-state index is -0.495. The Bertz CT molecular complexity index is 769. The topological polar surface area (TPSA) is 54.0 Å². The molecule has 0 aromatic heterocycles. The van der Waals surface area contributed by atoms with Crippen molar-refractivity contribution in [2.75, 3.05) is 37.5 Å². The molecule has 2 atom stereocenters. The summed E-state index contributed by atoms with van der Waals surface area (Å²) in [4.78, 5) is 17.1. The molecule has 1 aromatic rings. The van der Waals surface area contributed by atoms with E-state index in [4.69, 9.17) is 9.47 Å². The van der Waals surface area contributed by atoms with Crippen LogP contribution in [0, 0.1) is 5.92 Å². The molecule has 6 nitrogen and oxygen atoms in total. The molecule has 1 fully saturated rings. The van der Waals surface area contributed by atoms with Crippen LogP contribution in [-0.4, -0.2) is 49.9 Å². The lowest BCUT2D eigenvalue weighted by atomic mass is 9.89. The fourth-order valence-corrected chi connectivity index (χ4v) is 4.23. The average Bonchev–Trinajstić information content (AvgIpc) is 2.71. The maximum atomic E-state index is 12.9. The smallest absolute Gasteiger partial charge is 0.410 e. The molecule has 1 N–H and O–H groups in total. The summed E-state index contributed by atoms with van der Waals surface area (Å²) in [6.07, 6.45) is 4.97. The summed E-state index contributed by atoms with van der Waals surface area (Å²) < 4.78 is 11.2. The summed E-state index contributed by atoms with van der Waals surface area (Å²) in [5, 5.41) is 3.59. The maximum Gasteiger partial charge on any atom is 0.410 e. The van der Waals surface area contributed by atoms with Crippen LogP contribution in [0.1, 0.15) is 47.0 Å². The van der Waals surface area contributed by atoms with Crippen LogP contribution in [0.25, 0.3) is 0 Å². The molecule has 3 aliphatic rings. The molecule has 160 valence electrons. The molecule has 0 saturated carbocycles. The molecule has 2 unspecified atom stereocenters. The number of carbonyl (C=O) groups excluding carboxylic acids is 1. The third kappa shape index (κ3) is 4.98. The Hall–Kier alpha value is -2.37. The van der Waals surface area contributed by atoms with Gasteiger partial charge in [-0.3, -0.25) is 0 Å². The number of hydrogen-bond donors (Lipinski definition) is 1. The average molecular weight is 402 g/mol. The molecule has 6 heteroatoms. The van der Waals surface area contributed by atoms with Crippen molar-refractivity contribution < 1.29 is 14.3 Å². The molecule has 0 radical (unpaired) electrons. The van der Waals surface area contributed by atoms with Gasteiger partial charge >= 0.3 is 6.09 Å². The lowest BCUT2D eigenvalue weighted by molar-refractivity contribution is 0.00465. The van der Waals surface area contributed by atoms with E-state index in [1.807, 2.05) is 37.8 Å². The Morgan fingerprint density at radius 2 is 2.03 bits per heavy atom. The molecule has 3 heterocycles. The second kappa shape index (κ2) is 8.56. The third-order valence-electron chi connectivity index (χ3n) is 5.79. The van der Waals surface area contributed by atoms with E-state index >= 15 is 0 Å². The molecule has 1 aromatic carbocycles. The number of methoxy groups -OCH3 is 1. The highest BCUT2D eigenvalue weighted by Gasteiger charge is 2.35. The monoisotopic (exact) mass is 401 g/mol. The maximum absolute atomic E-state index is 12.9. The lowest BCUT2D eigenvalue weighted by Crippen LogP contribution is -2.51. The number of nitrogens with zero attached hydrogens (tertiary/aromatic N) is 2. The molecule has 3 aliphatic heterocycles. The molecule has 29 heavy (non-hydrogen) atoms. The molecule has 0 spiro atoms. The van der Waals surface area contributed by atoms with Crippen LogP contribution in [0.15, 0.2) is 30.0 Å². The zero-order valence-electron chi connectivity index (χ0n) is 18.6. The number of rotatable bonds is 1. The van der Waals surface area contributed by atoms with Gasteiger partial charge in [0, 0.05) is 31.9 Å². The van der Waals surface area contributed by atoms with Crippen molar-refractivity contribution in [1.29, 1.82) is 0 Å². The number of fused-ring (bicyclic) bond motifs is 5. The Labute approximate surface area is 174 Å². The van der Waals surface area contributed by atoms with Gasteiger partial charge in [-0.05, 0) is 65.0 Å². The molecular formula is C23H35N3O3. The van der Waals surface area contributed by atoms with Gasteiger partial charge in [-0.25, -0.2) is 4.79 Å². The number of allylic oxidation sites excluding steroid dienone is 2. The fraction of sp³-hybridized carbons (Fsp3) is 0.609. The van der Waals surface area contributed by atoms with Crippen molar-refractivity contribution in [1.82, 2.24) is 4.90 Å². The Morgan fingerprint density at radius 3 is 2.69 bits per heavy atom. The first kappa shape index (κ1) is 21.3. The zero-order valence-corrected chi connectivity index (χ0v) is 18.6. The van der Waals surface area contributed by atoms with Gasteiger partial charge in [-0.2, -0.15) is 0 Å². The van der Waals surface area contributed by atoms with Crippen molar-refractivity contribution >= 4 is 17.5 Å². The van der Waals surface area contributed by atoms with Crippen LogP contribution in [0.2, 0.25) is 0 Å². The van der Waals surface area contributed by atoms with Gasteiger partial charge < -0.3 is 24.6 Å². The molecule has 1 amide bonds. The van der Waals surface area contributed by atoms with Gasteiger partial charge in [-0.1, -0.05) is 6.08 Å². The number of piperidine rings is 1. The van der Waals surface area contributed by atoms with Gasteiger partial charge in [0.05, 0.1) is 24.5 Å². The van der Waals surface area contributed by atoms with E-state index in [-0.39, 0.29) is 12.1 Å². The van der Waals surface area contributed by atoms with Gasteiger partial charge in [0.2, 0.25) is 0 Å². The number of anilines is 2. The molecule has 1 saturated heterocycles. The Balaban J connectivity index is 1.95. The standard InChI is InChI=1S/C23H35N3O3/c1-7-17-12-16-8-9-18(26(15-16)22(27)29-23(2,3)4)14-24-20-13-19(28-6)10-11-21(20)25(17)5/h7,10-11,13,16,18,24H,8-9,12,14-15H2,1-6H3. The highest BCUT2D eigenvalue weighted by Crippen LogP contribution is 2.36. The van der Waals surface area contributed by atoms with Gasteiger partial charge in [-0.15, -0.1) is 0 Å². The molecule has 4 rings (SSSR count). The normalized spacial score (nSPS) is 23.9. The van der Waals surface area contributed by atoms with E-state index in [9.17, 15) is 4.79 Å². The van der Waals surface area contributed by atoms with Gasteiger partial charge in [0.1, 0.15) is 11.4 Å². The molecular weight excluding hydrogens is 366 g/mol. The minimum absolute atomic E-state index is 0.109. The van der Waals surface area contributed by atoms with Crippen molar-refractivity contribution in [3.05, 3.63) is 30.0 Å². The largest absolute Gasteiger partial charge is 0.497 e. The quantitative estimate of drug-likeness (QED) is 0.728. The summed E-state index contributed by atoms with van der Waals surface area (Å²) in [6, 6.07) is 6.22. The van der Waals surface area contributed by atoms with Crippen LogP contribution < -0.4 is 15.0 Å². The zero-order chi connectivity index (χ0) is 21.2. The lowest BCUT2D eigenvalue weighted by Gasteiger charge is -2.40. The number of hydrogen-bond acceptors (Lipinski definition) is 5. The third-order valence-corrected chi connectivity index (χ3v) is 5.79. The van der Waals surface area contributed by atoms with Gasteiger partial charge in [0.15, 0.2) is 0 Å². The van der Waals surface area contributed by atoms with E-state index in [0.717, 1.165) is 42.9 Å². The van der Waals surface area contributed by atoms with E-state index in [0.29, 0.717) is 12.5 Å². The molecule has 2 bridgehead atoms. The number of amides is 1.